The lowest BCUT2D eigenvalue weighted by atomic mass is 10.2. The molecule has 2 rings (SSSR count). The molecule has 0 saturated carbocycles. The van der Waals surface area contributed by atoms with Gasteiger partial charge in [0.1, 0.15) is 11.6 Å². The summed E-state index contributed by atoms with van der Waals surface area (Å²) < 4.78 is 5.18. The van der Waals surface area contributed by atoms with Crippen LogP contribution in [0.3, 0.4) is 0 Å². The Morgan fingerprint density at radius 1 is 1.33 bits per heavy atom. The average molecular weight is 326 g/mol. The second-order valence-corrected chi connectivity index (χ2v) is 5.16. The number of rotatable bonds is 3. The molecule has 1 fully saturated rings. The van der Waals surface area contributed by atoms with Crippen LogP contribution in [-0.2, 0) is 9.53 Å². The van der Waals surface area contributed by atoms with Gasteiger partial charge in [0.25, 0.3) is 5.91 Å². The molecule has 0 radical (unpaired) electrons. The van der Waals surface area contributed by atoms with E-state index in [2.05, 4.69) is 5.32 Å². The van der Waals surface area contributed by atoms with E-state index in [-0.39, 0.29) is 11.5 Å². The first-order valence-electron chi connectivity index (χ1n) is 6.30. The molecule has 0 unspecified atom stereocenters. The normalized spacial score (nSPS) is 15.5. The van der Waals surface area contributed by atoms with Crippen LogP contribution in [0.2, 0.25) is 10.0 Å². The molecule has 1 aliphatic rings. The highest BCUT2D eigenvalue weighted by molar-refractivity contribution is 6.42. The largest absolute Gasteiger partial charge is 0.378 e. The summed E-state index contributed by atoms with van der Waals surface area (Å²) >= 11 is 11.7. The number of halogens is 2. The van der Waals surface area contributed by atoms with Crippen LogP contribution in [-0.4, -0.2) is 37.1 Å². The van der Waals surface area contributed by atoms with E-state index in [0.29, 0.717) is 42.0 Å². The van der Waals surface area contributed by atoms with Crippen LogP contribution in [0, 0.1) is 11.3 Å². The van der Waals surface area contributed by atoms with E-state index in [0.717, 1.165) is 0 Å². The van der Waals surface area contributed by atoms with E-state index in [1.54, 1.807) is 23.1 Å². The highest BCUT2D eigenvalue weighted by atomic mass is 35.5. The lowest BCUT2D eigenvalue weighted by molar-refractivity contribution is -0.130. The molecule has 5 nitrogen and oxygen atoms in total. The van der Waals surface area contributed by atoms with Crippen LogP contribution < -0.4 is 5.32 Å². The molecule has 1 N–H and O–H groups in total. The van der Waals surface area contributed by atoms with Crippen LogP contribution in [0.5, 0.6) is 0 Å². The molecule has 1 aromatic carbocycles. The molecule has 110 valence electrons. The van der Waals surface area contributed by atoms with Gasteiger partial charge in [-0.25, -0.2) is 0 Å². The lowest BCUT2D eigenvalue weighted by Crippen LogP contribution is -2.41. The van der Waals surface area contributed by atoms with Crippen molar-refractivity contribution in [2.24, 2.45) is 0 Å². The third-order valence-electron chi connectivity index (χ3n) is 2.95. The van der Waals surface area contributed by atoms with Gasteiger partial charge in [-0.1, -0.05) is 23.2 Å². The summed E-state index contributed by atoms with van der Waals surface area (Å²) in [7, 11) is 0. The van der Waals surface area contributed by atoms with E-state index < -0.39 is 0 Å². The van der Waals surface area contributed by atoms with Crippen molar-refractivity contribution in [2.45, 2.75) is 0 Å². The Hall–Kier alpha value is -1.74. The van der Waals surface area contributed by atoms with Crippen molar-refractivity contribution in [3.8, 4) is 6.07 Å². The molecular formula is C14H13Cl2N3O2. The van der Waals surface area contributed by atoms with Crippen LogP contribution in [0.15, 0.2) is 30.0 Å². The zero-order valence-electron chi connectivity index (χ0n) is 11.1. The number of morpholine rings is 1. The quantitative estimate of drug-likeness (QED) is 0.685. The molecule has 1 amide bonds. The summed E-state index contributed by atoms with van der Waals surface area (Å²) in [6.07, 6.45) is 1.37. The summed E-state index contributed by atoms with van der Waals surface area (Å²) in [5, 5.41) is 12.8. The number of benzene rings is 1. The maximum absolute atomic E-state index is 12.2. The molecule has 0 spiro atoms. The molecule has 21 heavy (non-hydrogen) atoms. The Balaban J connectivity index is 2.07. The number of amides is 1. The van der Waals surface area contributed by atoms with Crippen molar-refractivity contribution < 1.29 is 9.53 Å². The Kier molecular flexibility index (Phi) is 5.45. The maximum Gasteiger partial charge on any atom is 0.266 e. The molecule has 1 saturated heterocycles. The predicted octanol–water partition coefficient (Wildman–Crippen LogP) is 2.67. The fraction of sp³-hybridized carbons (Fsp3) is 0.286. The topological polar surface area (TPSA) is 65.4 Å². The fourth-order valence-electron chi connectivity index (χ4n) is 1.82. The van der Waals surface area contributed by atoms with Crippen LogP contribution in [0.25, 0.3) is 0 Å². The smallest absolute Gasteiger partial charge is 0.266 e. The SMILES string of the molecule is N#C/C(=C/Nc1ccc(Cl)c(Cl)c1)C(=O)N1CCOCC1. The Morgan fingerprint density at radius 2 is 2.05 bits per heavy atom. The van der Waals surface area contributed by atoms with Gasteiger partial charge in [0.05, 0.1) is 23.3 Å². The Labute approximate surface area is 132 Å². The summed E-state index contributed by atoms with van der Waals surface area (Å²) in [6.45, 7) is 1.96. The van der Waals surface area contributed by atoms with Crippen LogP contribution in [0.4, 0.5) is 5.69 Å². The number of ether oxygens (including phenoxy) is 1. The van der Waals surface area contributed by atoms with Crippen molar-refractivity contribution in [2.75, 3.05) is 31.6 Å². The second-order valence-electron chi connectivity index (χ2n) is 4.35. The van der Waals surface area contributed by atoms with E-state index in [1.165, 1.54) is 6.20 Å². The van der Waals surface area contributed by atoms with Crippen molar-refractivity contribution in [1.82, 2.24) is 4.90 Å². The van der Waals surface area contributed by atoms with Gasteiger partial charge in [0.15, 0.2) is 0 Å². The molecule has 0 aliphatic carbocycles. The molecular weight excluding hydrogens is 313 g/mol. The molecule has 7 heteroatoms. The Bertz CT molecular complexity index is 605. The number of nitriles is 1. The lowest BCUT2D eigenvalue weighted by Gasteiger charge is -2.26. The molecule has 0 aromatic heterocycles. The minimum absolute atomic E-state index is 0.0305. The number of carbonyl (C=O) groups is 1. The average Bonchev–Trinajstić information content (AvgIpc) is 2.52. The number of hydrogen-bond donors (Lipinski definition) is 1. The van der Waals surface area contributed by atoms with Gasteiger partial charge in [0.2, 0.25) is 0 Å². The second kappa shape index (κ2) is 7.32. The number of nitrogens with zero attached hydrogens (tertiary/aromatic N) is 2. The van der Waals surface area contributed by atoms with Crippen molar-refractivity contribution in [3.63, 3.8) is 0 Å². The summed E-state index contributed by atoms with van der Waals surface area (Å²) in [5.41, 5.74) is 0.676. The summed E-state index contributed by atoms with van der Waals surface area (Å²) in [5.74, 6) is -0.312. The third-order valence-corrected chi connectivity index (χ3v) is 3.69. The summed E-state index contributed by atoms with van der Waals surface area (Å²) in [4.78, 5) is 13.8. The standard InChI is InChI=1S/C14H13Cl2N3O2/c15-12-2-1-11(7-13(12)16)18-9-10(8-17)14(20)19-3-5-21-6-4-19/h1-2,7,9,18H,3-6H2/b10-9-. The number of carbonyl (C=O) groups excluding carboxylic acids is 1. The first-order chi connectivity index (χ1) is 10.1. The molecule has 1 aliphatic heterocycles. The monoisotopic (exact) mass is 325 g/mol. The van der Waals surface area contributed by atoms with Gasteiger partial charge in [-0.2, -0.15) is 5.26 Å². The summed E-state index contributed by atoms with van der Waals surface area (Å²) in [6, 6.07) is 6.86. The van der Waals surface area contributed by atoms with E-state index >= 15 is 0 Å². The predicted molar refractivity (Wildman–Crippen MR) is 81.2 cm³/mol. The fourth-order valence-corrected chi connectivity index (χ4v) is 2.12. The van der Waals surface area contributed by atoms with Gasteiger partial charge in [-0.3, -0.25) is 4.79 Å². The van der Waals surface area contributed by atoms with Gasteiger partial charge in [-0.15, -0.1) is 0 Å². The minimum atomic E-state index is -0.312. The zero-order chi connectivity index (χ0) is 15.2. The van der Waals surface area contributed by atoms with Gasteiger partial charge < -0.3 is 15.0 Å². The maximum atomic E-state index is 12.2. The van der Waals surface area contributed by atoms with Crippen molar-refractivity contribution in [3.05, 3.63) is 40.0 Å². The van der Waals surface area contributed by atoms with Gasteiger partial charge >= 0.3 is 0 Å². The molecule has 0 bridgehead atoms. The number of hydrogen-bond acceptors (Lipinski definition) is 4. The minimum Gasteiger partial charge on any atom is -0.378 e. The van der Waals surface area contributed by atoms with Crippen LogP contribution in [0.1, 0.15) is 0 Å². The highest BCUT2D eigenvalue weighted by Gasteiger charge is 2.20. The zero-order valence-corrected chi connectivity index (χ0v) is 12.6. The highest BCUT2D eigenvalue weighted by Crippen LogP contribution is 2.25. The van der Waals surface area contributed by atoms with Crippen molar-refractivity contribution >= 4 is 34.8 Å². The van der Waals surface area contributed by atoms with E-state index in [1.807, 2.05) is 6.07 Å². The van der Waals surface area contributed by atoms with Crippen molar-refractivity contribution in [1.29, 1.82) is 5.26 Å². The molecule has 1 aromatic rings. The van der Waals surface area contributed by atoms with E-state index in [4.69, 9.17) is 33.2 Å². The number of nitrogens with one attached hydrogen (secondary N) is 1. The van der Waals surface area contributed by atoms with Gasteiger partial charge in [0, 0.05) is 25.0 Å². The molecule has 0 atom stereocenters. The number of anilines is 1. The first kappa shape index (κ1) is 15.6. The molecule has 1 heterocycles. The first-order valence-corrected chi connectivity index (χ1v) is 7.06. The van der Waals surface area contributed by atoms with Crippen LogP contribution >= 0.6 is 23.2 Å². The third kappa shape index (κ3) is 4.11. The van der Waals surface area contributed by atoms with Gasteiger partial charge in [-0.05, 0) is 18.2 Å². The van der Waals surface area contributed by atoms with E-state index in [9.17, 15) is 4.79 Å². The Morgan fingerprint density at radius 3 is 2.67 bits per heavy atom.